The number of hydrogen-bond acceptors (Lipinski definition) is 4. The Morgan fingerprint density at radius 1 is 1.28 bits per heavy atom. The third kappa shape index (κ3) is 3.97. The molecule has 7 heteroatoms. The van der Waals surface area contributed by atoms with Crippen LogP contribution in [0.1, 0.15) is 17.5 Å². The van der Waals surface area contributed by atoms with Crippen LogP contribution in [0, 0.1) is 10.1 Å². The first kappa shape index (κ1) is 17.4. The SMILES string of the molecule is O=C(CNCc1cc([N+](=O)[O-])ccc1Cl)N1CCCc2ccccc21. The van der Waals surface area contributed by atoms with Crippen LogP contribution < -0.4 is 10.2 Å². The van der Waals surface area contributed by atoms with Crippen molar-refractivity contribution in [2.45, 2.75) is 19.4 Å². The topological polar surface area (TPSA) is 75.5 Å². The zero-order valence-corrected chi connectivity index (χ0v) is 14.3. The highest BCUT2D eigenvalue weighted by molar-refractivity contribution is 6.31. The van der Waals surface area contributed by atoms with Crippen LogP contribution in [0.25, 0.3) is 0 Å². The van der Waals surface area contributed by atoms with Crippen molar-refractivity contribution in [2.24, 2.45) is 0 Å². The molecule has 2 aromatic carbocycles. The van der Waals surface area contributed by atoms with E-state index in [9.17, 15) is 14.9 Å². The quantitative estimate of drug-likeness (QED) is 0.656. The number of nitro benzene ring substituents is 1. The number of aryl methyl sites for hydroxylation is 1. The second kappa shape index (κ2) is 7.63. The molecule has 1 N–H and O–H groups in total. The lowest BCUT2D eigenvalue weighted by atomic mass is 10.0. The molecule has 3 rings (SSSR count). The summed E-state index contributed by atoms with van der Waals surface area (Å²) >= 11 is 6.07. The Morgan fingerprint density at radius 3 is 2.88 bits per heavy atom. The first-order chi connectivity index (χ1) is 12.1. The maximum Gasteiger partial charge on any atom is 0.269 e. The first-order valence-electron chi connectivity index (χ1n) is 8.08. The van der Waals surface area contributed by atoms with E-state index in [1.807, 2.05) is 24.3 Å². The molecule has 0 fully saturated rings. The fourth-order valence-corrected chi connectivity index (χ4v) is 3.19. The van der Waals surface area contributed by atoms with Gasteiger partial charge in [0.15, 0.2) is 0 Å². The van der Waals surface area contributed by atoms with E-state index in [2.05, 4.69) is 5.32 Å². The Labute approximate surface area is 150 Å². The highest BCUT2D eigenvalue weighted by Crippen LogP contribution is 2.26. The molecule has 0 saturated heterocycles. The molecule has 0 aromatic heterocycles. The van der Waals surface area contributed by atoms with E-state index in [-0.39, 0.29) is 18.1 Å². The summed E-state index contributed by atoms with van der Waals surface area (Å²) in [7, 11) is 0. The highest BCUT2D eigenvalue weighted by atomic mass is 35.5. The standard InChI is InChI=1S/C18H18ClN3O3/c19-16-8-7-15(22(24)25)10-14(16)11-20-12-18(23)21-9-3-5-13-4-1-2-6-17(13)21/h1-2,4,6-8,10,20H,3,5,9,11-12H2. The molecule has 130 valence electrons. The van der Waals surface area contributed by atoms with E-state index in [0.717, 1.165) is 18.5 Å². The molecule has 0 saturated carbocycles. The molecule has 25 heavy (non-hydrogen) atoms. The van der Waals surface area contributed by atoms with Gasteiger partial charge in [-0.15, -0.1) is 0 Å². The number of rotatable bonds is 5. The third-order valence-corrected chi connectivity index (χ3v) is 4.61. The van der Waals surface area contributed by atoms with Gasteiger partial charge in [0.05, 0.1) is 11.5 Å². The van der Waals surface area contributed by atoms with Crippen molar-refractivity contribution in [2.75, 3.05) is 18.0 Å². The monoisotopic (exact) mass is 359 g/mol. The van der Waals surface area contributed by atoms with Crippen LogP contribution in [0.3, 0.4) is 0 Å². The normalized spacial score (nSPS) is 13.4. The Balaban J connectivity index is 1.63. The number of non-ortho nitro benzene ring substituents is 1. The van der Waals surface area contributed by atoms with Gasteiger partial charge in [-0.3, -0.25) is 14.9 Å². The van der Waals surface area contributed by atoms with E-state index >= 15 is 0 Å². The van der Waals surface area contributed by atoms with E-state index in [1.54, 1.807) is 4.90 Å². The summed E-state index contributed by atoms with van der Waals surface area (Å²) in [6, 6.07) is 12.2. The van der Waals surface area contributed by atoms with Crippen LogP contribution in [-0.4, -0.2) is 23.9 Å². The second-order valence-electron chi connectivity index (χ2n) is 5.91. The zero-order chi connectivity index (χ0) is 17.8. The van der Waals surface area contributed by atoms with Crippen molar-refractivity contribution in [3.05, 3.63) is 68.7 Å². The maximum atomic E-state index is 12.5. The number of amides is 1. The number of nitro groups is 1. The van der Waals surface area contributed by atoms with E-state index in [4.69, 9.17) is 11.6 Å². The molecule has 6 nitrogen and oxygen atoms in total. The summed E-state index contributed by atoms with van der Waals surface area (Å²) in [5.41, 5.74) is 2.73. The lowest BCUT2D eigenvalue weighted by Gasteiger charge is -2.29. The molecule has 1 aliphatic heterocycles. The van der Waals surface area contributed by atoms with E-state index in [0.29, 0.717) is 23.7 Å². The van der Waals surface area contributed by atoms with Gasteiger partial charge in [-0.05, 0) is 36.1 Å². The Kier molecular flexibility index (Phi) is 5.31. The Bertz CT molecular complexity index is 810. The molecule has 1 amide bonds. The van der Waals surface area contributed by atoms with Crippen molar-refractivity contribution in [1.82, 2.24) is 5.32 Å². The number of nitrogens with one attached hydrogen (secondary N) is 1. The summed E-state index contributed by atoms with van der Waals surface area (Å²) in [6.07, 6.45) is 1.93. The number of halogens is 1. The molecule has 0 spiro atoms. The van der Waals surface area contributed by atoms with Gasteiger partial charge in [-0.25, -0.2) is 0 Å². The van der Waals surface area contributed by atoms with Gasteiger partial charge in [0.25, 0.3) is 5.69 Å². The maximum absolute atomic E-state index is 12.5. The number of benzene rings is 2. The molecular formula is C18H18ClN3O3. The zero-order valence-electron chi connectivity index (χ0n) is 13.6. The van der Waals surface area contributed by atoms with Crippen LogP contribution >= 0.6 is 11.6 Å². The number of anilines is 1. The lowest BCUT2D eigenvalue weighted by molar-refractivity contribution is -0.384. The van der Waals surface area contributed by atoms with Crippen molar-refractivity contribution in [3.63, 3.8) is 0 Å². The van der Waals surface area contributed by atoms with Crippen LogP contribution in [0.15, 0.2) is 42.5 Å². The molecule has 0 atom stereocenters. The summed E-state index contributed by atoms with van der Waals surface area (Å²) in [5, 5.41) is 14.3. The number of hydrogen-bond donors (Lipinski definition) is 1. The fraction of sp³-hybridized carbons (Fsp3) is 0.278. The number of fused-ring (bicyclic) bond motifs is 1. The smallest absolute Gasteiger partial charge is 0.269 e. The molecule has 0 radical (unpaired) electrons. The van der Waals surface area contributed by atoms with Gasteiger partial charge in [-0.2, -0.15) is 0 Å². The minimum Gasteiger partial charge on any atom is -0.311 e. The Hall–Kier alpha value is -2.44. The number of carbonyl (C=O) groups is 1. The average molecular weight is 360 g/mol. The van der Waals surface area contributed by atoms with E-state index in [1.165, 1.54) is 23.8 Å². The lowest BCUT2D eigenvalue weighted by Crippen LogP contribution is -2.41. The van der Waals surface area contributed by atoms with Crippen molar-refractivity contribution in [1.29, 1.82) is 0 Å². The number of para-hydroxylation sites is 1. The number of nitrogens with zero attached hydrogens (tertiary/aromatic N) is 2. The summed E-state index contributed by atoms with van der Waals surface area (Å²) in [6.45, 7) is 1.14. The Morgan fingerprint density at radius 2 is 2.08 bits per heavy atom. The molecular weight excluding hydrogens is 342 g/mol. The van der Waals surface area contributed by atoms with Gasteiger partial charge >= 0.3 is 0 Å². The molecule has 1 aliphatic rings. The summed E-state index contributed by atoms with van der Waals surface area (Å²) in [4.78, 5) is 24.7. The first-order valence-corrected chi connectivity index (χ1v) is 8.46. The summed E-state index contributed by atoms with van der Waals surface area (Å²) < 4.78 is 0. The van der Waals surface area contributed by atoms with Crippen LogP contribution in [0.2, 0.25) is 5.02 Å². The molecule has 0 aliphatic carbocycles. The highest BCUT2D eigenvalue weighted by Gasteiger charge is 2.21. The molecule has 1 heterocycles. The second-order valence-corrected chi connectivity index (χ2v) is 6.32. The van der Waals surface area contributed by atoms with Gasteiger partial charge in [0.1, 0.15) is 0 Å². The number of carbonyl (C=O) groups excluding carboxylic acids is 1. The van der Waals surface area contributed by atoms with Crippen LogP contribution in [0.4, 0.5) is 11.4 Å². The molecule has 0 bridgehead atoms. The summed E-state index contributed by atoms with van der Waals surface area (Å²) in [5.74, 6) is -0.0197. The predicted octanol–water partition coefficient (Wildman–Crippen LogP) is 3.32. The fourth-order valence-electron chi connectivity index (χ4n) is 3.00. The van der Waals surface area contributed by atoms with Crippen molar-refractivity contribution >= 4 is 28.9 Å². The average Bonchev–Trinajstić information content (AvgIpc) is 2.62. The molecule has 0 unspecified atom stereocenters. The van der Waals surface area contributed by atoms with Gasteiger partial charge in [-0.1, -0.05) is 29.8 Å². The largest absolute Gasteiger partial charge is 0.311 e. The van der Waals surface area contributed by atoms with Gasteiger partial charge in [0.2, 0.25) is 5.91 Å². The van der Waals surface area contributed by atoms with Crippen LogP contribution in [-0.2, 0) is 17.8 Å². The van der Waals surface area contributed by atoms with Gasteiger partial charge in [0, 0.05) is 35.9 Å². The molecule has 2 aromatic rings. The van der Waals surface area contributed by atoms with Crippen LogP contribution in [0.5, 0.6) is 0 Å². The third-order valence-electron chi connectivity index (χ3n) is 4.24. The van der Waals surface area contributed by atoms with Crippen molar-refractivity contribution < 1.29 is 9.72 Å². The van der Waals surface area contributed by atoms with E-state index < -0.39 is 4.92 Å². The van der Waals surface area contributed by atoms with Crippen molar-refractivity contribution in [3.8, 4) is 0 Å². The van der Waals surface area contributed by atoms with Gasteiger partial charge < -0.3 is 10.2 Å². The minimum absolute atomic E-state index is 0.0162. The minimum atomic E-state index is -0.463. The predicted molar refractivity (Wildman–Crippen MR) is 96.9 cm³/mol.